The molecule has 0 bridgehead atoms. The lowest BCUT2D eigenvalue weighted by Crippen LogP contribution is -2.00. The van der Waals surface area contributed by atoms with Gasteiger partial charge in [0.1, 0.15) is 5.69 Å². The number of hydrogen-bond acceptors (Lipinski definition) is 6. The van der Waals surface area contributed by atoms with Gasteiger partial charge in [-0.3, -0.25) is 4.55 Å². The van der Waals surface area contributed by atoms with E-state index in [2.05, 4.69) is 15.5 Å². The van der Waals surface area contributed by atoms with Gasteiger partial charge in [0, 0.05) is 18.1 Å². The molecule has 0 aliphatic rings. The van der Waals surface area contributed by atoms with Gasteiger partial charge >= 0.3 is 0 Å². The fraction of sp³-hybridized carbons (Fsp3) is 0.111. The number of phenolic OH excluding ortho intramolecular Hbond substituents is 1. The molecule has 0 heterocycles. The molecular formula is C18H17N3O4S. The van der Waals surface area contributed by atoms with Crippen molar-refractivity contribution < 1.29 is 18.1 Å². The molecule has 0 saturated heterocycles. The van der Waals surface area contributed by atoms with E-state index in [1.54, 1.807) is 32.2 Å². The first-order valence-electron chi connectivity index (χ1n) is 7.73. The number of fused-ring (bicyclic) bond motifs is 1. The summed E-state index contributed by atoms with van der Waals surface area (Å²) in [5.41, 5.74) is 1.90. The van der Waals surface area contributed by atoms with Crippen molar-refractivity contribution in [2.24, 2.45) is 10.2 Å². The van der Waals surface area contributed by atoms with Gasteiger partial charge in [0.2, 0.25) is 0 Å². The predicted octanol–water partition coefficient (Wildman–Crippen LogP) is 4.56. The number of hydrogen-bond donors (Lipinski definition) is 3. The van der Waals surface area contributed by atoms with Gasteiger partial charge in [0.15, 0.2) is 5.75 Å². The molecule has 0 aliphatic carbocycles. The zero-order valence-electron chi connectivity index (χ0n) is 14.1. The molecule has 3 N–H and O–H groups in total. The molecule has 3 aromatic carbocycles. The second-order valence-corrected chi connectivity index (χ2v) is 7.14. The lowest BCUT2D eigenvalue weighted by atomic mass is 10.0. The van der Waals surface area contributed by atoms with Crippen molar-refractivity contribution in [3.05, 3.63) is 54.1 Å². The van der Waals surface area contributed by atoms with Crippen molar-refractivity contribution in [1.29, 1.82) is 0 Å². The summed E-state index contributed by atoms with van der Waals surface area (Å²) >= 11 is 0. The van der Waals surface area contributed by atoms with Crippen LogP contribution in [0.2, 0.25) is 0 Å². The maximum atomic E-state index is 11.5. The topological polar surface area (TPSA) is 111 Å². The van der Waals surface area contributed by atoms with Gasteiger partial charge in [-0.15, -0.1) is 5.11 Å². The standard InChI is InChI=1S/C18H17N3O4S/c1-11-8-12-9-14(26(23,24)25)10-15(19-2)16(12)18(22)17(11)21-20-13-6-4-3-5-7-13/h3-10,19,22H,1-2H3,(H,23,24,25). The average Bonchev–Trinajstić information content (AvgIpc) is 2.60. The summed E-state index contributed by atoms with van der Waals surface area (Å²) in [6.45, 7) is 1.73. The Morgan fingerprint density at radius 2 is 1.73 bits per heavy atom. The van der Waals surface area contributed by atoms with Crippen molar-refractivity contribution in [3.8, 4) is 5.75 Å². The third-order valence-corrected chi connectivity index (χ3v) is 4.77. The molecule has 0 spiro atoms. The Bertz CT molecular complexity index is 1110. The van der Waals surface area contributed by atoms with Crippen LogP contribution in [0.3, 0.4) is 0 Å². The van der Waals surface area contributed by atoms with Crippen LogP contribution in [0, 0.1) is 6.92 Å². The fourth-order valence-corrected chi connectivity index (χ4v) is 3.24. The number of phenols is 1. The molecule has 0 unspecified atom stereocenters. The molecule has 0 radical (unpaired) electrons. The molecule has 3 rings (SSSR count). The number of nitrogens with zero attached hydrogens (tertiary/aromatic N) is 2. The van der Waals surface area contributed by atoms with E-state index in [0.717, 1.165) is 0 Å². The Morgan fingerprint density at radius 1 is 1.04 bits per heavy atom. The summed E-state index contributed by atoms with van der Waals surface area (Å²) in [5, 5.41) is 22.7. The van der Waals surface area contributed by atoms with E-state index >= 15 is 0 Å². The highest BCUT2D eigenvalue weighted by atomic mass is 32.2. The number of benzene rings is 3. The van der Waals surface area contributed by atoms with Gasteiger partial charge in [0.25, 0.3) is 10.1 Å². The fourth-order valence-electron chi connectivity index (χ4n) is 2.70. The molecule has 134 valence electrons. The zero-order valence-corrected chi connectivity index (χ0v) is 14.9. The molecule has 26 heavy (non-hydrogen) atoms. The summed E-state index contributed by atoms with van der Waals surface area (Å²) in [5.74, 6) is -0.120. The number of nitrogens with one attached hydrogen (secondary N) is 1. The van der Waals surface area contributed by atoms with Crippen LogP contribution in [-0.2, 0) is 10.1 Å². The number of aryl methyl sites for hydroxylation is 1. The van der Waals surface area contributed by atoms with Gasteiger partial charge in [0.05, 0.1) is 10.6 Å². The van der Waals surface area contributed by atoms with Crippen LogP contribution in [0.4, 0.5) is 17.1 Å². The van der Waals surface area contributed by atoms with E-state index in [0.29, 0.717) is 27.7 Å². The Labute approximate surface area is 150 Å². The Morgan fingerprint density at radius 3 is 2.35 bits per heavy atom. The minimum absolute atomic E-state index is 0.120. The summed E-state index contributed by atoms with van der Waals surface area (Å²) in [7, 11) is -2.78. The smallest absolute Gasteiger partial charge is 0.294 e. The summed E-state index contributed by atoms with van der Waals surface area (Å²) in [6.07, 6.45) is 0. The highest BCUT2D eigenvalue weighted by Crippen LogP contribution is 2.43. The minimum atomic E-state index is -4.37. The van der Waals surface area contributed by atoms with Crippen molar-refractivity contribution in [2.45, 2.75) is 11.8 Å². The first-order chi connectivity index (χ1) is 12.3. The minimum Gasteiger partial charge on any atom is -0.505 e. The van der Waals surface area contributed by atoms with E-state index in [-0.39, 0.29) is 16.3 Å². The van der Waals surface area contributed by atoms with Crippen LogP contribution in [0.5, 0.6) is 5.75 Å². The van der Waals surface area contributed by atoms with Crippen LogP contribution < -0.4 is 5.32 Å². The third kappa shape index (κ3) is 3.37. The average molecular weight is 371 g/mol. The quantitative estimate of drug-likeness (QED) is 0.460. The van der Waals surface area contributed by atoms with Crippen LogP contribution in [0.1, 0.15) is 5.56 Å². The molecule has 0 fully saturated rings. The molecule has 0 atom stereocenters. The highest BCUT2D eigenvalue weighted by molar-refractivity contribution is 7.85. The number of aromatic hydroxyl groups is 1. The van der Waals surface area contributed by atoms with Crippen molar-refractivity contribution >= 4 is 38.0 Å². The second kappa shape index (κ2) is 6.74. The lowest BCUT2D eigenvalue weighted by Gasteiger charge is -2.13. The van der Waals surface area contributed by atoms with Gasteiger partial charge in [-0.1, -0.05) is 18.2 Å². The summed E-state index contributed by atoms with van der Waals surface area (Å²) < 4.78 is 32.3. The van der Waals surface area contributed by atoms with E-state index < -0.39 is 10.1 Å². The highest BCUT2D eigenvalue weighted by Gasteiger charge is 2.18. The molecule has 0 aliphatic heterocycles. The Hall–Kier alpha value is -2.97. The van der Waals surface area contributed by atoms with Gasteiger partial charge < -0.3 is 10.4 Å². The van der Waals surface area contributed by atoms with Gasteiger partial charge in [-0.05, 0) is 48.2 Å². The van der Waals surface area contributed by atoms with E-state index in [1.165, 1.54) is 12.1 Å². The molecular weight excluding hydrogens is 354 g/mol. The Kier molecular flexibility index (Phi) is 4.62. The van der Waals surface area contributed by atoms with Crippen molar-refractivity contribution in [1.82, 2.24) is 0 Å². The lowest BCUT2D eigenvalue weighted by molar-refractivity contribution is 0.480. The number of azo groups is 1. The van der Waals surface area contributed by atoms with Crippen molar-refractivity contribution in [2.75, 3.05) is 12.4 Å². The monoisotopic (exact) mass is 371 g/mol. The maximum absolute atomic E-state index is 11.5. The molecule has 8 heteroatoms. The van der Waals surface area contributed by atoms with Crippen LogP contribution in [0.25, 0.3) is 10.8 Å². The van der Waals surface area contributed by atoms with Crippen LogP contribution in [0.15, 0.2) is 63.7 Å². The largest absolute Gasteiger partial charge is 0.505 e. The summed E-state index contributed by atoms with van der Waals surface area (Å²) in [4.78, 5) is -0.258. The molecule has 0 amide bonds. The van der Waals surface area contributed by atoms with E-state index in [1.807, 2.05) is 18.2 Å². The van der Waals surface area contributed by atoms with Crippen molar-refractivity contribution in [3.63, 3.8) is 0 Å². The van der Waals surface area contributed by atoms with E-state index in [4.69, 9.17) is 0 Å². The first-order valence-corrected chi connectivity index (χ1v) is 9.17. The molecule has 7 nitrogen and oxygen atoms in total. The molecule has 0 saturated carbocycles. The normalized spacial score (nSPS) is 12.0. The predicted molar refractivity (Wildman–Crippen MR) is 100 cm³/mol. The van der Waals surface area contributed by atoms with Gasteiger partial charge in [-0.2, -0.15) is 13.5 Å². The summed E-state index contributed by atoms with van der Waals surface area (Å²) in [6, 6.07) is 13.3. The maximum Gasteiger partial charge on any atom is 0.294 e. The number of anilines is 1. The van der Waals surface area contributed by atoms with Crippen LogP contribution >= 0.6 is 0 Å². The molecule has 3 aromatic rings. The zero-order chi connectivity index (χ0) is 18.9. The first kappa shape index (κ1) is 17.8. The number of rotatable bonds is 4. The second-order valence-electron chi connectivity index (χ2n) is 5.72. The van der Waals surface area contributed by atoms with E-state index in [9.17, 15) is 18.1 Å². The SMILES string of the molecule is CNc1cc(S(=O)(=O)O)cc2cc(C)c(N=Nc3ccccc3)c(O)c12. The van der Waals surface area contributed by atoms with Gasteiger partial charge in [-0.25, -0.2) is 0 Å². The molecule has 0 aromatic heterocycles. The van der Waals surface area contributed by atoms with Crippen LogP contribution in [-0.4, -0.2) is 25.1 Å². The third-order valence-electron chi connectivity index (χ3n) is 3.94. The Balaban J connectivity index is 2.23.